The number of hydrogen-bond donors (Lipinski definition) is 0. The molecule has 1 saturated carbocycles. The molecule has 1 fully saturated rings. The first-order valence-electron chi connectivity index (χ1n) is 13.6. The summed E-state index contributed by atoms with van der Waals surface area (Å²) in [5, 5.41) is 1.95. The molecule has 0 radical (unpaired) electrons. The van der Waals surface area contributed by atoms with Crippen molar-refractivity contribution in [2.75, 3.05) is 4.90 Å². The van der Waals surface area contributed by atoms with Gasteiger partial charge >= 0.3 is 0 Å². The van der Waals surface area contributed by atoms with Crippen LogP contribution in [0, 0.1) is 0 Å². The van der Waals surface area contributed by atoms with Crippen LogP contribution in [0.3, 0.4) is 0 Å². The van der Waals surface area contributed by atoms with Gasteiger partial charge < -0.3 is 4.90 Å². The van der Waals surface area contributed by atoms with Gasteiger partial charge in [-0.15, -0.1) is 11.3 Å². The van der Waals surface area contributed by atoms with E-state index >= 15 is 0 Å². The monoisotopic (exact) mass is 523 g/mol. The van der Waals surface area contributed by atoms with Crippen molar-refractivity contribution in [2.24, 2.45) is 0 Å². The Bertz CT molecular complexity index is 1800. The molecule has 4 aromatic carbocycles. The first-order chi connectivity index (χ1) is 19.1. The van der Waals surface area contributed by atoms with E-state index < -0.39 is 0 Å². The minimum Gasteiger partial charge on any atom is -0.309 e. The summed E-state index contributed by atoms with van der Waals surface area (Å²) in [6.07, 6.45) is 6.48. The Hall–Kier alpha value is -4.28. The number of Topliss-reactive ketones (excluding diaryl/α,β-unsaturated/α-hetero) is 2. The van der Waals surface area contributed by atoms with Gasteiger partial charge in [-0.05, 0) is 71.7 Å². The minimum atomic E-state index is -0.175. The predicted molar refractivity (Wildman–Crippen MR) is 159 cm³/mol. The number of fused-ring (bicyclic) bond motifs is 6. The molecule has 0 saturated heterocycles. The Morgan fingerprint density at radius 1 is 0.692 bits per heavy atom. The molecule has 39 heavy (non-hydrogen) atoms. The van der Waals surface area contributed by atoms with Crippen molar-refractivity contribution >= 4 is 56.8 Å². The van der Waals surface area contributed by atoms with Gasteiger partial charge in [0.1, 0.15) is 0 Å². The van der Waals surface area contributed by atoms with E-state index in [0.29, 0.717) is 11.1 Å². The van der Waals surface area contributed by atoms with Crippen LogP contribution < -0.4 is 4.90 Å². The maximum atomic E-state index is 13.5. The van der Waals surface area contributed by atoms with E-state index in [4.69, 9.17) is 0 Å². The fraction of sp³-hybridized carbons (Fsp3) is 0.143. The predicted octanol–water partition coefficient (Wildman–Crippen LogP) is 9.01. The number of para-hydroxylation sites is 2. The molecule has 0 atom stereocenters. The van der Waals surface area contributed by atoms with Gasteiger partial charge in [0.15, 0.2) is 11.6 Å². The van der Waals surface area contributed by atoms with Gasteiger partial charge in [-0.25, -0.2) is 0 Å². The average molecular weight is 524 g/mol. The molecule has 0 N–H and O–H groups in total. The molecule has 0 bridgehead atoms. The quantitative estimate of drug-likeness (QED) is 0.171. The van der Waals surface area contributed by atoms with Crippen molar-refractivity contribution in [3.05, 3.63) is 129 Å². The molecule has 188 valence electrons. The lowest BCUT2D eigenvalue weighted by Gasteiger charge is -2.41. The van der Waals surface area contributed by atoms with Crippen LogP contribution in [0.1, 0.15) is 61.7 Å². The van der Waals surface area contributed by atoms with Crippen molar-refractivity contribution in [3.63, 3.8) is 0 Å². The third kappa shape index (κ3) is 3.22. The summed E-state index contributed by atoms with van der Waals surface area (Å²) in [6, 6.07) is 33.1. The molecular weight excluding hydrogens is 498 g/mol. The first kappa shape index (κ1) is 22.7. The molecule has 5 aromatic rings. The van der Waals surface area contributed by atoms with Gasteiger partial charge in [0.25, 0.3) is 0 Å². The summed E-state index contributed by atoms with van der Waals surface area (Å²) in [7, 11) is 0. The van der Waals surface area contributed by atoms with Crippen LogP contribution in [0.25, 0.3) is 16.8 Å². The van der Waals surface area contributed by atoms with Crippen LogP contribution >= 0.6 is 11.3 Å². The highest BCUT2D eigenvalue weighted by molar-refractivity contribution is 7.13. The fourth-order valence-electron chi connectivity index (χ4n) is 6.92. The summed E-state index contributed by atoms with van der Waals surface area (Å²) < 4.78 is 0. The number of rotatable bonds is 2. The van der Waals surface area contributed by atoms with Crippen molar-refractivity contribution in [1.29, 1.82) is 0 Å². The topological polar surface area (TPSA) is 37.4 Å². The molecule has 2 aliphatic carbocycles. The maximum absolute atomic E-state index is 13.5. The van der Waals surface area contributed by atoms with Crippen LogP contribution in [0.4, 0.5) is 17.1 Å². The number of allylic oxidation sites excluding steroid dienone is 1. The third-order valence-corrected chi connectivity index (χ3v) is 9.97. The number of carbonyl (C=O) groups excluding carboxylic acids is 2. The summed E-state index contributed by atoms with van der Waals surface area (Å²) >= 11 is 1.74. The van der Waals surface area contributed by atoms with Gasteiger partial charge in [-0.2, -0.15) is 0 Å². The van der Waals surface area contributed by atoms with Crippen LogP contribution in [0.15, 0.2) is 103 Å². The second-order valence-electron chi connectivity index (χ2n) is 10.8. The highest BCUT2D eigenvalue weighted by Crippen LogP contribution is 2.60. The van der Waals surface area contributed by atoms with Crippen LogP contribution in [0.2, 0.25) is 0 Å². The zero-order valence-electron chi connectivity index (χ0n) is 21.3. The molecule has 0 amide bonds. The zero-order chi connectivity index (χ0) is 26.1. The average Bonchev–Trinajstić information content (AvgIpc) is 3.68. The highest BCUT2D eigenvalue weighted by Gasteiger charge is 2.47. The molecule has 0 unspecified atom stereocenters. The number of thiophene rings is 1. The summed E-state index contributed by atoms with van der Waals surface area (Å²) in [6.45, 7) is 0. The van der Waals surface area contributed by atoms with Crippen LogP contribution in [-0.4, -0.2) is 11.6 Å². The van der Waals surface area contributed by atoms with Crippen molar-refractivity contribution in [3.8, 4) is 0 Å². The number of hydrogen-bond acceptors (Lipinski definition) is 4. The number of anilines is 3. The maximum Gasteiger partial charge on any atom is 0.197 e. The van der Waals surface area contributed by atoms with E-state index in [2.05, 4.69) is 59.5 Å². The van der Waals surface area contributed by atoms with Gasteiger partial charge in [-0.1, -0.05) is 73.5 Å². The standard InChI is InChI=1S/C35H25NO2S/c37-32-26-18-22-10-4-5-11-23(22)19-27(26)33(38)28(32)20-25-21-31-34(39-25)35(16-8-9-17-35)29-14-6-7-15-30(29)36(31)24-12-2-1-3-13-24/h1-7,10-15,18-21H,8-9,16-17H2. The second kappa shape index (κ2) is 8.36. The van der Waals surface area contributed by atoms with E-state index in [9.17, 15) is 9.59 Å². The van der Waals surface area contributed by atoms with E-state index in [-0.39, 0.29) is 22.6 Å². The second-order valence-corrected chi connectivity index (χ2v) is 11.9. The summed E-state index contributed by atoms with van der Waals surface area (Å²) in [5.41, 5.74) is 6.15. The lowest BCUT2D eigenvalue weighted by Crippen LogP contribution is -2.31. The lowest BCUT2D eigenvalue weighted by atomic mass is 9.73. The molecule has 3 aliphatic rings. The Kier molecular flexibility index (Phi) is 4.86. The van der Waals surface area contributed by atoms with Crippen molar-refractivity contribution < 1.29 is 9.59 Å². The van der Waals surface area contributed by atoms with Gasteiger partial charge in [0.2, 0.25) is 0 Å². The Balaban J connectivity index is 1.30. The summed E-state index contributed by atoms with van der Waals surface area (Å²) in [5.74, 6) is -0.350. The third-order valence-electron chi connectivity index (χ3n) is 8.69. The molecule has 2 heterocycles. The molecule has 1 aliphatic heterocycles. The summed E-state index contributed by atoms with van der Waals surface area (Å²) in [4.78, 5) is 31.7. The van der Waals surface area contributed by atoms with Gasteiger partial charge in [0.05, 0.1) is 16.9 Å². The Labute approximate surface area is 231 Å². The normalized spacial score (nSPS) is 17.0. The number of nitrogens with zero attached hydrogens (tertiary/aromatic N) is 1. The fourth-order valence-corrected chi connectivity index (χ4v) is 8.27. The minimum absolute atomic E-state index is 0.0248. The Morgan fingerprint density at radius 2 is 1.31 bits per heavy atom. The van der Waals surface area contributed by atoms with E-state index in [1.165, 1.54) is 34.7 Å². The van der Waals surface area contributed by atoms with Gasteiger partial charge in [-0.3, -0.25) is 9.59 Å². The van der Waals surface area contributed by atoms with E-state index in [0.717, 1.165) is 34.2 Å². The molecular formula is C35H25NO2S. The number of ketones is 2. The van der Waals surface area contributed by atoms with Gasteiger partial charge in [0, 0.05) is 32.0 Å². The van der Waals surface area contributed by atoms with Crippen LogP contribution in [-0.2, 0) is 5.41 Å². The number of carbonyl (C=O) groups is 2. The molecule has 1 spiro atoms. The molecule has 1 aromatic heterocycles. The van der Waals surface area contributed by atoms with Crippen LogP contribution in [0.5, 0.6) is 0 Å². The van der Waals surface area contributed by atoms with Crippen molar-refractivity contribution in [1.82, 2.24) is 0 Å². The van der Waals surface area contributed by atoms with E-state index in [1.807, 2.05) is 48.5 Å². The van der Waals surface area contributed by atoms with E-state index in [1.54, 1.807) is 11.3 Å². The smallest absolute Gasteiger partial charge is 0.197 e. The lowest BCUT2D eigenvalue weighted by molar-refractivity contribution is 0.0990. The number of benzene rings is 4. The molecule has 3 nitrogen and oxygen atoms in total. The highest BCUT2D eigenvalue weighted by atomic mass is 32.1. The largest absolute Gasteiger partial charge is 0.309 e. The Morgan fingerprint density at radius 3 is 2.00 bits per heavy atom. The first-order valence-corrected chi connectivity index (χ1v) is 14.4. The molecule has 8 rings (SSSR count). The SMILES string of the molecule is O=C1C(=Cc2cc3c(s2)C2(CCCC2)c2ccccc2N3c2ccccc2)C(=O)c2cc3ccccc3cc21. The van der Waals surface area contributed by atoms with Crippen molar-refractivity contribution in [2.45, 2.75) is 31.1 Å². The molecule has 4 heteroatoms. The zero-order valence-corrected chi connectivity index (χ0v) is 22.1.